The normalized spacial score (nSPS) is 26.1. The first-order chi connectivity index (χ1) is 8.24. The van der Waals surface area contributed by atoms with E-state index in [0.29, 0.717) is 12.1 Å². The van der Waals surface area contributed by atoms with Gasteiger partial charge in [0.05, 0.1) is 0 Å². The van der Waals surface area contributed by atoms with Crippen molar-refractivity contribution in [3.63, 3.8) is 0 Å². The van der Waals surface area contributed by atoms with Crippen molar-refractivity contribution in [1.29, 1.82) is 0 Å². The van der Waals surface area contributed by atoms with Crippen LogP contribution >= 0.6 is 0 Å². The molecule has 1 fully saturated rings. The Balaban J connectivity index is 1.81. The Kier molecular flexibility index (Phi) is 2.93. The predicted octanol–water partition coefficient (Wildman–Crippen LogP) is 2.41. The van der Waals surface area contributed by atoms with Gasteiger partial charge in [0.1, 0.15) is 0 Å². The summed E-state index contributed by atoms with van der Waals surface area (Å²) in [6.07, 6.45) is 4.88. The minimum absolute atomic E-state index is 0.435. The molecule has 2 N–H and O–H groups in total. The molecule has 0 amide bonds. The fourth-order valence-corrected chi connectivity index (χ4v) is 3.31. The number of rotatable bonds is 1. The van der Waals surface area contributed by atoms with E-state index < -0.39 is 0 Å². The molecule has 1 aliphatic carbocycles. The predicted molar refractivity (Wildman–Crippen MR) is 71.0 cm³/mol. The monoisotopic (exact) mass is 230 g/mol. The second-order valence-corrected chi connectivity index (χ2v) is 5.63. The smallest absolute Gasteiger partial charge is 0.0354 e. The lowest BCUT2D eigenvalue weighted by Gasteiger charge is -2.35. The maximum absolute atomic E-state index is 5.99. The standard InChI is InChI=1S/C15H22N2/c1-11-2-3-12-4-5-15(14(12)10-11)17-8-6-13(16)7-9-17/h2-3,10,13,15H,4-9,16H2,1H3. The first-order valence-electron chi connectivity index (χ1n) is 6.83. The molecule has 0 radical (unpaired) electrons. The van der Waals surface area contributed by atoms with Crippen LogP contribution in [0.25, 0.3) is 0 Å². The van der Waals surface area contributed by atoms with E-state index in [4.69, 9.17) is 5.73 Å². The highest BCUT2D eigenvalue weighted by Crippen LogP contribution is 2.37. The third-order valence-electron chi connectivity index (χ3n) is 4.36. The summed E-state index contributed by atoms with van der Waals surface area (Å²) in [5.74, 6) is 0. The Hall–Kier alpha value is -0.860. The SMILES string of the molecule is Cc1ccc2c(c1)C(N1CCC(N)CC1)CC2. The minimum atomic E-state index is 0.435. The van der Waals surface area contributed by atoms with Crippen molar-refractivity contribution in [2.24, 2.45) is 5.73 Å². The molecule has 2 aliphatic rings. The van der Waals surface area contributed by atoms with Crippen LogP contribution in [0.2, 0.25) is 0 Å². The van der Waals surface area contributed by atoms with Gasteiger partial charge in [0.15, 0.2) is 0 Å². The van der Waals surface area contributed by atoms with Crippen molar-refractivity contribution in [1.82, 2.24) is 4.90 Å². The highest BCUT2D eigenvalue weighted by molar-refractivity contribution is 5.37. The molecule has 1 saturated heterocycles. The maximum Gasteiger partial charge on any atom is 0.0354 e. The zero-order valence-corrected chi connectivity index (χ0v) is 10.7. The third kappa shape index (κ3) is 2.12. The van der Waals surface area contributed by atoms with Crippen molar-refractivity contribution >= 4 is 0 Å². The van der Waals surface area contributed by atoms with E-state index in [-0.39, 0.29) is 0 Å². The Morgan fingerprint density at radius 1 is 1.18 bits per heavy atom. The van der Waals surface area contributed by atoms with Crippen molar-refractivity contribution in [2.75, 3.05) is 13.1 Å². The molecular weight excluding hydrogens is 208 g/mol. The first-order valence-corrected chi connectivity index (χ1v) is 6.83. The average Bonchev–Trinajstić information content (AvgIpc) is 2.73. The molecule has 1 unspecified atom stereocenters. The van der Waals surface area contributed by atoms with E-state index in [1.54, 1.807) is 11.1 Å². The number of hydrogen-bond acceptors (Lipinski definition) is 2. The maximum atomic E-state index is 5.99. The third-order valence-corrected chi connectivity index (χ3v) is 4.36. The van der Waals surface area contributed by atoms with E-state index in [1.165, 1.54) is 31.5 Å². The average molecular weight is 230 g/mol. The van der Waals surface area contributed by atoms with Gasteiger partial charge in [-0.25, -0.2) is 0 Å². The van der Waals surface area contributed by atoms with Gasteiger partial charge in [-0.2, -0.15) is 0 Å². The van der Waals surface area contributed by atoms with Crippen molar-refractivity contribution < 1.29 is 0 Å². The van der Waals surface area contributed by atoms with Crippen LogP contribution in [0.3, 0.4) is 0 Å². The molecule has 17 heavy (non-hydrogen) atoms. The topological polar surface area (TPSA) is 29.3 Å². The van der Waals surface area contributed by atoms with E-state index in [0.717, 1.165) is 12.8 Å². The highest BCUT2D eigenvalue weighted by Gasteiger charge is 2.29. The summed E-state index contributed by atoms with van der Waals surface area (Å²) in [7, 11) is 0. The highest BCUT2D eigenvalue weighted by atomic mass is 15.2. The number of hydrogen-bond donors (Lipinski definition) is 1. The van der Waals surface area contributed by atoms with Crippen LogP contribution in [0.1, 0.15) is 42.0 Å². The Bertz CT molecular complexity index is 405. The number of nitrogens with zero attached hydrogens (tertiary/aromatic N) is 1. The number of aryl methyl sites for hydroxylation is 2. The van der Waals surface area contributed by atoms with E-state index in [2.05, 4.69) is 30.0 Å². The van der Waals surface area contributed by atoms with Crippen LogP contribution in [0.4, 0.5) is 0 Å². The lowest BCUT2D eigenvalue weighted by atomic mass is 10.00. The molecule has 2 heteroatoms. The molecule has 0 aromatic heterocycles. The number of benzene rings is 1. The molecular formula is C15H22N2. The fraction of sp³-hybridized carbons (Fsp3) is 0.600. The molecule has 0 bridgehead atoms. The molecule has 1 aliphatic heterocycles. The largest absolute Gasteiger partial charge is 0.328 e. The first kappa shape index (κ1) is 11.2. The number of nitrogens with two attached hydrogens (primary N) is 1. The van der Waals surface area contributed by atoms with Crippen molar-refractivity contribution in [3.8, 4) is 0 Å². The number of piperidine rings is 1. The van der Waals surface area contributed by atoms with Gasteiger partial charge in [-0.1, -0.05) is 23.8 Å². The number of likely N-dealkylation sites (tertiary alicyclic amines) is 1. The quantitative estimate of drug-likeness (QED) is 0.802. The zero-order valence-electron chi connectivity index (χ0n) is 10.7. The van der Waals surface area contributed by atoms with Crippen LogP contribution in [-0.2, 0) is 6.42 Å². The second-order valence-electron chi connectivity index (χ2n) is 5.63. The second kappa shape index (κ2) is 4.43. The Morgan fingerprint density at radius 3 is 2.71 bits per heavy atom. The Morgan fingerprint density at radius 2 is 1.94 bits per heavy atom. The molecule has 1 aromatic rings. The summed E-state index contributed by atoms with van der Waals surface area (Å²) in [6, 6.07) is 8.05. The van der Waals surface area contributed by atoms with E-state index in [9.17, 15) is 0 Å². The molecule has 3 rings (SSSR count). The summed E-state index contributed by atoms with van der Waals surface area (Å²) < 4.78 is 0. The summed E-state index contributed by atoms with van der Waals surface area (Å²) in [5, 5.41) is 0. The van der Waals surface area contributed by atoms with Gasteiger partial charge in [-0.15, -0.1) is 0 Å². The van der Waals surface area contributed by atoms with E-state index >= 15 is 0 Å². The number of fused-ring (bicyclic) bond motifs is 1. The van der Waals surface area contributed by atoms with Crippen molar-refractivity contribution in [2.45, 2.75) is 44.7 Å². The van der Waals surface area contributed by atoms with Gasteiger partial charge in [-0.05, 0) is 43.7 Å². The molecule has 1 atom stereocenters. The summed E-state index contributed by atoms with van der Waals surface area (Å²) in [6.45, 7) is 4.56. The van der Waals surface area contributed by atoms with Gasteiger partial charge in [0.25, 0.3) is 0 Å². The lowest BCUT2D eigenvalue weighted by Crippen LogP contribution is -2.41. The molecule has 92 valence electrons. The molecule has 1 heterocycles. The minimum Gasteiger partial charge on any atom is -0.328 e. The fourth-order valence-electron chi connectivity index (χ4n) is 3.31. The van der Waals surface area contributed by atoms with Gasteiger partial charge >= 0.3 is 0 Å². The van der Waals surface area contributed by atoms with Gasteiger partial charge in [-0.3, -0.25) is 4.90 Å². The summed E-state index contributed by atoms with van der Waals surface area (Å²) >= 11 is 0. The molecule has 2 nitrogen and oxygen atoms in total. The lowest BCUT2D eigenvalue weighted by molar-refractivity contribution is 0.153. The van der Waals surface area contributed by atoms with Gasteiger partial charge in [0.2, 0.25) is 0 Å². The van der Waals surface area contributed by atoms with Gasteiger partial charge in [0, 0.05) is 25.2 Å². The van der Waals surface area contributed by atoms with Crippen LogP contribution < -0.4 is 5.73 Å². The zero-order chi connectivity index (χ0) is 11.8. The van der Waals surface area contributed by atoms with Crippen LogP contribution in [-0.4, -0.2) is 24.0 Å². The van der Waals surface area contributed by atoms with Crippen LogP contribution in [0.15, 0.2) is 18.2 Å². The molecule has 1 aromatic carbocycles. The molecule has 0 spiro atoms. The van der Waals surface area contributed by atoms with Gasteiger partial charge < -0.3 is 5.73 Å². The summed E-state index contributed by atoms with van der Waals surface area (Å²) in [4.78, 5) is 2.65. The van der Waals surface area contributed by atoms with Crippen LogP contribution in [0.5, 0.6) is 0 Å². The Labute approximate surface area is 104 Å². The molecule has 0 saturated carbocycles. The van der Waals surface area contributed by atoms with Crippen LogP contribution in [0, 0.1) is 6.92 Å². The summed E-state index contributed by atoms with van der Waals surface area (Å²) in [5.41, 5.74) is 10.5. The van der Waals surface area contributed by atoms with Crippen molar-refractivity contribution in [3.05, 3.63) is 34.9 Å². The van der Waals surface area contributed by atoms with E-state index in [1.807, 2.05) is 0 Å².